The zero-order valence-electron chi connectivity index (χ0n) is 18.3. The van der Waals surface area contributed by atoms with Crippen LogP contribution in [0, 0.1) is 0 Å². The van der Waals surface area contributed by atoms with Gasteiger partial charge in [0.05, 0.1) is 13.2 Å². The highest BCUT2D eigenvalue weighted by molar-refractivity contribution is 5.74. The second kappa shape index (κ2) is 10.6. The molecule has 0 aliphatic carbocycles. The van der Waals surface area contributed by atoms with E-state index in [0.717, 1.165) is 0 Å². The van der Waals surface area contributed by atoms with Gasteiger partial charge in [-0.1, -0.05) is 0 Å². The zero-order valence-corrected chi connectivity index (χ0v) is 18.3. The number of aliphatic hydroxyl groups excluding tert-OH is 3. The van der Waals surface area contributed by atoms with E-state index in [9.17, 15) is 34.8 Å². The molecule has 11 atom stereocenters. The molecule has 3 fully saturated rings. The van der Waals surface area contributed by atoms with Gasteiger partial charge in [-0.05, 0) is 6.92 Å². The highest BCUT2D eigenvalue weighted by Crippen LogP contribution is 2.35. The summed E-state index contributed by atoms with van der Waals surface area (Å²) in [6.07, 6.45) is -10.8. The van der Waals surface area contributed by atoms with Gasteiger partial charge < -0.3 is 54.7 Å². The number of fused-ring (bicyclic) bond motifs is 2. The molecule has 3 aliphatic heterocycles. The molecule has 3 rings (SSSR count). The highest BCUT2D eigenvalue weighted by atomic mass is 16.8. The molecule has 0 saturated carbocycles. The number of nitrogens with one attached hydrogen (secondary N) is 2. The van der Waals surface area contributed by atoms with Crippen LogP contribution in [0.2, 0.25) is 0 Å². The predicted molar refractivity (Wildman–Crippen MR) is 104 cm³/mol. The monoisotopic (exact) mass is 478 g/mol. The van der Waals surface area contributed by atoms with Crippen LogP contribution in [0.15, 0.2) is 0 Å². The van der Waals surface area contributed by atoms with Gasteiger partial charge in [0.1, 0.15) is 48.7 Å². The number of carbonyl (C=O) groups excluding carboxylic acids is 2. The van der Waals surface area contributed by atoms with E-state index in [2.05, 4.69) is 10.6 Å². The van der Waals surface area contributed by atoms with Crippen LogP contribution in [0.3, 0.4) is 0 Å². The summed E-state index contributed by atoms with van der Waals surface area (Å²) in [4.78, 5) is 34.9. The molecule has 33 heavy (non-hydrogen) atoms. The molecule has 2 bridgehead atoms. The molecule has 0 aromatic heterocycles. The summed E-state index contributed by atoms with van der Waals surface area (Å²) in [6.45, 7) is 3.14. The number of hydrogen-bond donors (Lipinski definition) is 6. The third-order valence-corrected chi connectivity index (χ3v) is 5.69. The number of carboxylic acid groups (broad SMARTS) is 1. The average Bonchev–Trinajstić information content (AvgIpc) is 3.18. The lowest BCUT2D eigenvalue weighted by Gasteiger charge is -2.46. The molecule has 14 heteroatoms. The van der Waals surface area contributed by atoms with Crippen molar-refractivity contribution in [2.75, 3.05) is 13.2 Å². The van der Waals surface area contributed by atoms with Gasteiger partial charge in [0.25, 0.3) is 0 Å². The third-order valence-electron chi connectivity index (χ3n) is 5.69. The summed E-state index contributed by atoms with van der Waals surface area (Å²) in [5.74, 6) is -2.24. The van der Waals surface area contributed by atoms with Gasteiger partial charge in [0.2, 0.25) is 11.8 Å². The summed E-state index contributed by atoms with van der Waals surface area (Å²) in [5.41, 5.74) is 0. The Morgan fingerprint density at radius 1 is 1.03 bits per heavy atom. The molecule has 2 amide bonds. The van der Waals surface area contributed by atoms with Gasteiger partial charge in [-0.3, -0.25) is 9.59 Å². The molecule has 1 unspecified atom stereocenters. The average molecular weight is 478 g/mol. The number of carbonyl (C=O) groups is 3. The number of rotatable bonds is 8. The number of carboxylic acids is 1. The summed E-state index contributed by atoms with van der Waals surface area (Å²) in [5, 5.41) is 44.6. The molecular formula is C19H30N2O12. The van der Waals surface area contributed by atoms with Crippen LogP contribution in [-0.2, 0) is 38.1 Å². The maximum Gasteiger partial charge on any atom is 0.332 e. The van der Waals surface area contributed by atoms with Crippen molar-refractivity contribution in [2.45, 2.75) is 88.2 Å². The molecule has 188 valence electrons. The van der Waals surface area contributed by atoms with Gasteiger partial charge >= 0.3 is 5.97 Å². The lowest BCUT2D eigenvalue weighted by Crippen LogP contribution is -2.68. The standard InChI is InChI=1S/C19H30N2O12/c1-6(17(27)28)30-16-12(21-8(3)24)18-29-5-10(32-18)15(16)33-19-11(20-7(2)23)14(26)13(25)9(4-22)31-19/h6,9-16,18-19,22,25-26H,4-5H2,1-3H3,(H,20,23)(H,21,24)(H,27,28)/t6-,9-,10-,11-,12-,13-,14-,15-,16-,18?,19+/m1/s1. The molecular weight excluding hydrogens is 448 g/mol. The van der Waals surface area contributed by atoms with E-state index in [1.165, 1.54) is 20.8 Å². The number of hydrogen-bond acceptors (Lipinski definition) is 11. The third kappa shape index (κ3) is 5.60. The Bertz CT molecular complexity index is 738. The van der Waals surface area contributed by atoms with Crippen LogP contribution < -0.4 is 10.6 Å². The first-order valence-corrected chi connectivity index (χ1v) is 10.5. The van der Waals surface area contributed by atoms with Crippen molar-refractivity contribution in [3.8, 4) is 0 Å². The molecule has 6 N–H and O–H groups in total. The van der Waals surface area contributed by atoms with Gasteiger partial charge in [0, 0.05) is 13.8 Å². The van der Waals surface area contributed by atoms with E-state index >= 15 is 0 Å². The summed E-state index contributed by atoms with van der Waals surface area (Å²) in [6, 6.07) is -2.18. The maximum atomic E-state index is 11.8. The molecule has 0 spiro atoms. The molecule has 14 nitrogen and oxygen atoms in total. The fraction of sp³-hybridized carbons (Fsp3) is 0.842. The Morgan fingerprint density at radius 3 is 2.24 bits per heavy atom. The zero-order chi connectivity index (χ0) is 24.4. The van der Waals surface area contributed by atoms with Crippen LogP contribution >= 0.6 is 0 Å². The highest BCUT2D eigenvalue weighted by Gasteiger charge is 2.56. The van der Waals surface area contributed by atoms with Crippen LogP contribution in [0.1, 0.15) is 20.8 Å². The predicted octanol–water partition coefficient (Wildman–Crippen LogP) is -3.57. The van der Waals surface area contributed by atoms with Crippen molar-refractivity contribution in [2.24, 2.45) is 0 Å². The van der Waals surface area contributed by atoms with Gasteiger partial charge in [0.15, 0.2) is 18.7 Å². The first kappa shape index (κ1) is 25.7. The molecule has 3 aliphatic rings. The van der Waals surface area contributed by atoms with Crippen molar-refractivity contribution < 1.29 is 58.5 Å². The van der Waals surface area contributed by atoms with Crippen molar-refractivity contribution in [1.29, 1.82) is 0 Å². The Kier molecular flexibility index (Phi) is 8.23. The SMILES string of the molecule is CC(=O)N[C@H]1[C@H](O[C@H]2[C@H](O[C@H](C)C(=O)O)[C@@H](NC(C)=O)C3OC[C@H]2O3)O[C@H](CO)[C@@H](O)[C@@H]1O. The maximum absolute atomic E-state index is 11.8. The van der Waals surface area contributed by atoms with Crippen LogP contribution in [0.4, 0.5) is 0 Å². The summed E-state index contributed by atoms with van der Waals surface area (Å²) < 4.78 is 28.7. The largest absolute Gasteiger partial charge is 0.479 e. The number of aliphatic carboxylic acids is 1. The van der Waals surface area contributed by atoms with E-state index < -0.39 is 91.8 Å². The molecule has 0 radical (unpaired) electrons. The topological polar surface area (TPSA) is 202 Å². The second-order valence-electron chi connectivity index (χ2n) is 8.22. The van der Waals surface area contributed by atoms with Crippen LogP contribution in [0.5, 0.6) is 0 Å². The fourth-order valence-corrected chi connectivity index (χ4v) is 4.12. The Morgan fingerprint density at radius 2 is 1.67 bits per heavy atom. The van der Waals surface area contributed by atoms with Crippen molar-refractivity contribution in [3.63, 3.8) is 0 Å². The first-order chi connectivity index (χ1) is 15.5. The van der Waals surface area contributed by atoms with Gasteiger partial charge in [-0.2, -0.15) is 0 Å². The van der Waals surface area contributed by atoms with E-state index in [0.29, 0.717) is 0 Å². The minimum absolute atomic E-state index is 0.0266. The Balaban J connectivity index is 1.91. The van der Waals surface area contributed by atoms with Gasteiger partial charge in [-0.25, -0.2) is 4.79 Å². The number of ether oxygens (including phenoxy) is 5. The van der Waals surface area contributed by atoms with E-state index in [1.54, 1.807) is 0 Å². The molecule has 3 heterocycles. The lowest BCUT2D eigenvalue weighted by molar-refractivity contribution is -0.313. The summed E-state index contributed by atoms with van der Waals surface area (Å²) in [7, 11) is 0. The van der Waals surface area contributed by atoms with Crippen molar-refractivity contribution in [1.82, 2.24) is 10.6 Å². The number of aliphatic hydroxyl groups is 3. The Labute approximate surface area is 189 Å². The van der Waals surface area contributed by atoms with Crippen molar-refractivity contribution >= 4 is 17.8 Å². The van der Waals surface area contributed by atoms with Crippen LogP contribution in [0.25, 0.3) is 0 Å². The quantitative estimate of drug-likeness (QED) is 0.201. The molecule has 3 saturated heterocycles. The smallest absolute Gasteiger partial charge is 0.332 e. The van der Waals surface area contributed by atoms with Crippen LogP contribution in [-0.4, -0.2) is 119 Å². The molecule has 0 aromatic carbocycles. The van der Waals surface area contributed by atoms with E-state index in [4.69, 9.17) is 23.7 Å². The fourth-order valence-electron chi connectivity index (χ4n) is 4.12. The minimum atomic E-state index is -1.55. The number of amides is 2. The lowest BCUT2D eigenvalue weighted by atomic mass is 9.95. The first-order valence-electron chi connectivity index (χ1n) is 10.5. The van der Waals surface area contributed by atoms with E-state index in [1.807, 2.05) is 0 Å². The minimum Gasteiger partial charge on any atom is -0.479 e. The van der Waals surface area contributed by atoms with E-state index in [-0.39, 0.29) is 6.61 Å². The second-order valence-corrected chi connectivity index (χ2v) is 8.22. The Hall–Kier alpha value is -1.91. The van der Waals surface area contributed by atoms with Crippen molar-refractivity contribution in [3.05, 3.63) is 0 Å². The normalized spacial score (nSPS) is 41.3. The van der Waals surface area contributed by atoms with Gasteiger partial charge in [-0.15, -0.1) is 0 Å². The summed E-state index contributed by atoms with van der Waals surface area (Å²) >= 11 is 0. The molecule has 0 aromatic rings.